The molecule has 3 aromatic rings. The first-order chi connectivity index (χ1) is 12.2. The van der Waals surface area contributed by atoms with Crippen LogP contribution in [0.5, 0.6) is 0 Å². The van der Waals surface area contributed by atoms with E-state index in [1.807, 2.05) is 0 Å². The van der Waals surface area contributed by atoms with Crippen LogP contribution >= 0.6 is 0 Å². The van der Waals surface area contributed by atoms with Gasteiger partial charge in [0, 0.05) is 29.3 Å². The molecule has 2 aromatic heterocycles. The van der Waals surface area contributed by atoms with E-state index < -0.39 is 33.0 Å². The Morgan fingerprint density at radius 1 is 1.15 bits per heavy atom. The van der Waals surface area contributed by atoms with Crippen molar-refractivity contribution >= 4 is 9.84 Å². The van der Waals surface area contributed by atoms with Gasteiger partial charge in [0.25, 0.3) is 0 Å². The van der Waals surface area contributed by atoms with Gasteiger partial charge >= 0.3 is 0 Å². The average Bonchev–Trinajstić information content (AvgIpc) is 2.99. The van der Waals surface area contributed by atoms with E-state index in [4.69, 9.17) is 4.52 Å². The van der Waals surface area contributed by atoms with Crippen molar-refractivity contribution in [3.8, 4) is 22.4 Å². The molecule has 9 heteroatoms. The number of sulfone groups is 1. The number of halogens is 3. The average molecular weight is 382 g/mol. The summed E-state index contributed by atoms with van der Waals surface area (Å²) in [7, 11) is -3.96. The van der Waals surface area contributed by atoms with Crippen molar-refractivity contribution < 1.29 is 26.1 Å². The summed E-state index contributed by atoms with van der Waals surface area (Å²) in [5, 5.41) is 3.77. The summed E-state index contributed by atoms with van der Waals surface area (Å²) >= 11 is 0. The van der Waals surface area contributed by atoms with Crippen molar-refractivity contribution in [2.45, 2.75) is 18.5 Å². The molecule has 0 aliphatic carbocycles. The van der Waals surface area contributed by atoms with Gasteiger partial charge in [0.1, 0.15) is 22.2 Å². The standard InChI is InChI=1S/C17H13F3N2O3S/c1-9-10(4-3-5-21-9)17-16(14(8-18)25-22-17)11-6-13(20)15(7-12(11)19)26(2,23)24/h3-7H,8H2,1-2H3. The third kappa shape index (κ3) is 3.10. The Hall–Kier alpha value is -2.68. The molecule has 0 N–H and O–H groups in total. The van der Waals surface area contributed by atoms with Gasteiger partial charge in [-0.1, -0.05) is 5.16 Å². The third-order valence-corrected chi connectivity index (χ3v) is 4.95. The predicted molar refractivity (Wildman–Crippen MR) is 87.7 cm³/mol. The summed E-state index contributed by atoms with van der Waals surface area (Å²) in [5.41, 5.74) is 0.648. The first kappa shape index (κ1) is 18.1. The Kier molecular flexibility index (Phi) is 4.57. The van der Waals surface area contributed by atoms with E-state index >= 15 is 0 Å². The van der Waals surface area contributed by atoms with E-state index in [0.29, 0.717) is 23.4 Å². The highest BCUT2D eigenvalue weighted by atomic mass is 32.2. The Balaban J connectivity index is 2.30. The maximum Gasteiger partial charge on any atom is 0.178 e. The highest BCUT2D eigenvalue weighted by Gasteiger charge is 2.26. The van der Waals surface area contributed by atoms with Gasteiger partial charge in [-0.25, -0.2) is 21.6 Å². The van der Waals surface area contributed by atoms with Crippen LogP contribution < -0.4 is 0 Å². The summed E-state index contributed by atoms with van der Waals surface area (Å²) < 4.78 is 70.3. The molecule has 0 atom stereocenters. The van der Waals surface area contributed by atoms with Crippen LogP contribution in [0.2, 0.25) is 0 Å². The van der Waals surface area contributed by atoms with E-state index in [-0.39, 0.29) is 22.6 Å². The maximum absolute atomic E-state index is 14.6. The smallest absolute Gasteiger partial charge is 0.178 e. The van der Waals surface area contributed by atoms with Crippen molar-refractivity contribution in [3.05, 3.63) is 53.6 Å². The van der Waals surface area contributed by atoms with E-state index in [0.717, 1.165) is 6.26 Å². The molecule has 26 heavy (non-hydrogen) atoms. The fourth-order valence-electron chi connectivity index (χ4n) is 2.62. The quantitative estimate of drug-likeness (QED) is 0.685. The largest absolute Gasteiger partial charge is 0.357 e. The molecule has 0 fully saturated rings. The summed E-state index contributed by atoms with van der Waals surface area (Å²) in [4.78, 5) is 3.31. The number of aryl methyl sites for hydroxylation is 1. The SMILES string of the molecule is Cc1ncccc1-c1noc(CF)c1-c1cc(F)c(S(C)(=O)=O)cc1F. The van der Waals surface area contributed by atoms with Crippen LogP contribution in [0.15, 0.2) is 39.9 Å². The van der Waals surface area contributed by atoms with Crippen LogP contribution in [-0.2, 0) is 16.5 Å². The molecule has 0 spiro atoms. The molecule has 2 heterocycles. The van der Waals surface area contributed by atoms with Gasteiger partial charge in [0.05, 0.1) is 5.56 Å². The Morgan fingerprint density at radius 3 is 2.50 bits per heavy atom. The van der Waals surface area contributed by atoms with Crippen LogP contribution in [0.3, 0.4) is 0 Å². The summed E-state index contributed by atoms with van der Waals surface area (Å²) in [5.74, 6) is -2.48. The first-order valence-corrected chi connectivity index (χ1v) is 9.29. The monoisotopic (exact) mass is 382 g/mol. The van der Waals surface area contributed by atoms with Crippen LogP contribution in [0, 0.1) is 18.6 Å². The number of hydrogen-bond donors (Lipinski definition) is 0. The zero-order valence-electron chi connectivity index (χ0n) is 13.8. The van der Waals surface area contributed by atoms with Crippen molar-refractivity contribution in [1.29, 1.82) is 0 Å². The summed E-state index contributed by atoms with van der Waals surface area (Å²) in [6, 6.07) is 4.51. The topological polar surface area (TPSA) is 73.1 Å². The van der Waals surface area contributed by atoms with Gasteiger partial charge in [-0.3, -0.25) is 4.98 Å². The number of aromatic nitrogens is 2. The Labute approximate surface area is 147 Å². The second-order valence-electron chi connectivity index (χ2n) is 5.63. The lowest BCUT2D eigenvalue weighted by molar-refractivity contribution is 0.332. The molecule has 0 unspecified atom stereocenters. The summed E-state index contributed by atoms with van der Waals surface area (Å²) in [6.07, 6.45) is 2.30. The fourth-order valence-corrected chi connectivity index (χ4v) is 3.35. The van der Waals surface area contributed by atoms with Crippen molar-refractivity contribution in [1.82, 2.24) is 10.1 Å². The lowest BCUT2D eigenvalue weighted by atomic mass is 9.98. The van der Waals surface area contributed by atoms with Gasteiger partial charge in [0.2, 0.25) is 0 Å². The van der Waals surface area contributed by atoms with Gasteiger partial charge in [-0.15, -0.1) is 0 Å². The third-order valence-electron chi connectivity index (χ3n) is 3.84. The van der Waals surface area contributed by atoms with E-state index in [9.17, 15) is 21.6 Å². The molecule has 0 amide bonds. The van der Waals surface area contributed by atoms with Crippen molar-refractivity contribution in [2.24, 2.45) is 0 Å². The van der Waals surface area contributed by atoms with Gasteiger partial charge < -0.3 is 4.52 Å². The second kappa shape index (κ2) is 6.56. The highest BCUT2D eigenvalue weighted by molar-refractivity contribution is 7.90. The number of pyridine rings is 1. The summed E-state index contributed by atoms with van der Waals surface area (Å²) in [6.45, 7) is 0.573. The molecule has 136 valence electrons. The molecule has 0 saturated carbocycles. The molecular weight excluding hydrogens is 369 g/mol. The molecule has 0 aliphatic heterocycles. The molecule has 0 aliphatic rings. The lowest BCUT2D eigenvalue weighted by Gasteiger charge is -2.09. The Morgan fingerprint density at radius 2 is 1.88 bits per heavy atom. The number of alkyl halides is 1. The lowest BCUT2D eigenvalue weighted by Crippen LogP contribution is -2.03. The maximum atomic E-state index is 14.6. The normalized spacial score (nSPS) is 11.7. The van der Waals surface area contributed by atoms with E-state index in [2.05, 4.69) is 10.1 Å². The number of benzene rings is 1. The molecule has 5 nitrogen and oxygen atoms in total. The molecule has 0 radical (unpaired) electrons. The molecule has 0 bridgehead atoms. The van der Waals surface area contributed by atoms with E-state index in [1.54, 1.807) is 19.1 Å². The van der Waals surface area contributed by atoms with Crippen molar-refractivity contribution in [2.75, 3.05) is 6.26 Å². The van der Waals surface area contributed by atoms with Gasteiger partial charge in [-0.05, 0) is 31.2 Å². The highest BCUT2D eigenvalue weighted by Crippen LogP contribution is 2.38. The number of rotatable bonds is 4. The minimum atomic E-state index is -3.96. The van der Waals surface area contributed by atoms with Gasteiger partial charge in [-0.2, -0.15) is 0 Å². The molecule has 0 saturated heterocycles. The Bertz CT molecular complexity index is 1090. The predicted octanol–water partition coefficient (Wildman–Crippen LogP) is 3.86. The number of nitrogens with zero attached hydrogens (tertiary/aromatic N) is 2. The minimum Gasteiger partial charge on any atom is -0.357 e. The van der Waals surface area contributed by atoms with Crippen LogP contribution in [0.25, 0.3) is 22.4 Å². The number of hydrogen-bond acceptors (Lipinski definition) is 5. The van der Waals surface area contributed by atoms with Crippen molar-refractivity contribution in [3.63, 3.8) is 0 Å². The van der Waals surface area contributed by atoms with Gasteiger partial charge in [0.15, 0.2) is 22.3 Å². The first-order valence-electron chi connectivity index (χ1n) is 7.40. The second-order valence-corrected chi connectivity index (χ2v) is 7.62. The van der Waals surface area contributed by atoms with E-state index in [1.165, 1.54) is 6.20 Å². The zero-order chi connectivity index (χ0) is 19.1. The van der Waals surface area contributed by atoms with Crippen LogP contribution in [0.4, 0.5) is 13.2 Å². The molecular formula is C17H13F3N2O3S. The molecule has 1 aromatic carbocycles. The van der Waals surface area contributed by atoms with Crippen LogP contribution in [0.1, 0.15) is 11.5 Å². The zero-order valence-corrected chi connectivity index (χ0v) is 14.6. The van der Waals surface area contributed by atoms with Crippen LogP contribution in [-0.4, -0.2) is 24.8 Å². The molecule has 3 rings (SSSR count). The minimum absolute atomic E-state index is 0.0833. The fraction of sp³-hybridized carbons (Fsp3) is 0.176.